The van der Waals surface area contributed by atoms with Gasteiger partial charge < -0.3 is 10.6 Å². The van der Waals surface area contributed by atoms with Crippen molar-refractivity contribution in [2.45, 2.75) is 58.0 Å². The van der Waals surface area contributed by atoms with Crippen LogP contribution < -0.4 is 10.6 Å². The summed E-state index contributed by atoms with van der Waals surface area (Å²) in [6, 6.07) is 0.537. The van der Waals surface area contributed by atoms with E-state index >= 15 is 0 Å². The van der Waals surface area contributed by atoms with Gasteiger partial charge in [-0.2, -0.15) is 0 Å². The highest BCUT2D eigenvalue weighted by Gasteiger charge is 2.26. The molecule has 2 fully saturated rings. The molecule has 2 heterocycles. The standard InChI is InChI=1S/C15H29N3O/c1-12(2)14(18-9-5-6-10-18)11-17-15(19)13-7-3-4-8-16-13/h12-14,16H,3-11H2,1-2H3,(H,17,19)/t13-,14?/m1/s1. The van der Waals surface area contributed by atoms with Gasteiger partial charge in [0.1, 0.15) is 0 Å². The third-order valence-electron chi connectivity index (χ3n) is 4.49. The summed E-state index contributed by atoms with van der Waals surface area (Å²) in [6.07, 6.45) is 5.97. The van der Waals surface area contributed by atoms with E-state index in [9.17, 15) is 4.79 Å². The Bertz CT molecular complexity index is 281. The second-order valence-electron chi connectivity index (χ2n) is 6.30. The quantitative estimate of drug-likeness (QED) is 0.790. The van der Waals surface area contributed by atoms with E-state index in [4.69, 9.17) is 0 Å². The molecule has 0 saturated carbocycles. The maximum Gasteiger partial charge on any atom is 0.237 e. The molecule has 19 heavy (non-hydrogen) atoms. The summed E-state index contributed by atoms with van der Waals surface area (Å²) >= 11 is 0. The molecule has 4 nitrogen and oxygen atoms in total. The maximum atomic E-state index is 12.1. The first-order valence-electron chi connectivity index (χ1n) is 7.93. The van der Waals surface area contributed by atoms with Crippen molar-refractivity contribution in [1.29, 1.82) is 0 Å². The van der Waals surface area contributed by atoms with Gasteiger partial charge >= 0.3 is 0 Å². The molecular weight excluding hydrogens is 238 g/mol. The molecule has 1 unspecified atom stereocenters. The number of carbonyl (C=O) groups excluding carboxylic acids is 1. The van der Waals surface area contributed by atoms with Gasteiger partial charge in [0.25, 0.3) is 0 Å². The SMILES string of the molecule is CC(C)C(CNC(=O)[C@H]1CCCCN1)N1CCCC1. The zero-order valence-electron chi connectivity index (χ0n) is 12.5. The largest absolute Gasteiger partial charge is 0.353 e. The molecule has 4 heteroatoms. The molecule has 0 aromatic heterocycles. The Kier molecular flexibility index (Phi) is 5.64. The Labute approximate surface area is 117 Å². The normalized spacial score (nSPS) is 26.6. The predicted octanol–water partition coefficient (Wildman–Crippen LogP) is 1.37. The van der Waals surface area contributed by atoms with Crippen LogP contribution >= 0.6 is 0 Å². The minimum atomic E-state index is 0.0418. The van der Waals surface area contributed by atoms with Gasteiger partial charge in [0, 0.05) is 12.6 Å². The molecular formula is C15H29N3O. The van der Waals surface area contributed by atoms with Crippen molar-refractivity contribution in [1.82, 2.24) is 15.5 Å². The van der Waals surface area contributed by atoms with E-state index in [0.29, 0.717) is 12.0 Å². The van der Waals surface area contributed by atoms with Crippen LogP contribution in [0.2, 0.25) is 0 Å². The Morgan fingerprint density at radius 3 is 2.58 bits per heavy atom. The number of likely N-dealkylation sites (tertiary alicyclic amines) is 1. The van der Waals surface area contributed by atoms with Crippen molar-refractivity contribution in [3.8, 4) is 0 Å². The molecule has 1 amide bonds. The van der Waals surface area contributed by atoms with Gasteiger partial charge in [-0.25, -0.2) is 0 Å². The van der Waals surface area contributed by atoms with E-state index in [0.717, 1.165) is 19.5 Å². The smallest absolute Gasteiger partial charge is 0.237 e. The summed E-state index contributed by atoms with van der Waals surface area (Å²) in [7, 11) is 0. The molecule has 0 bridgehead atoms. The van der Waals surface area contributed by atoms with Gasteiger partial charge in [-0.15, -0.1) is 0 Å². The Morgan fingerprint density at radius 2 is 2.00 bits per heavy atom. The van der Waals surface area contributed by atoms with Gasteiger partial charge in [0.15, 0.2) is 0 Å². The maximum absolute atomic E-state index is 12.1. The molecule has 2 rings (SSSR count). The van der Waals surface area contributed by atoms with Crippen molar-refractivity contribution in [2.24, 2.45) is 5.92 Å². The van der Waals surface area contributed by atoms with E-state index in [1.54, 1.807) is 0 Å². The number of hydrogen-bond donors (Lipinski definition) is 2. The van der Waals surface area contributed by atoms with Gasteiger partial charge in [-0.05, 0) is 51.2 Å². The van der Waals surface area contributed by atoms with Gasteiger partial charge in [0.05, 0.1) is 6.04 Å². The summed E-state index contributed by atoms with van der Waals surface area (Å²) in [5, 5.41) is 6.48. The van der Waals surface area contributed by atoms with Gasteiger partial charge in [0.2, 0.25) is 5.91 Å². The third-order valence-corrected chi connectivity index (χ3v) is 4.49. The minimum absolute atomic E-state index is 0.0418. The van der Waals surface area contributed by atoms with Crippen LogP contribution in [-0.2, 0) is 4.79 Å². The van der Waals surface area contributed by atoms with Crippen molar-refractivity contribution in [3.63, 3.8) is 0 Å². The highest BCUT2D eigenvalue weighted by atomic mass is 16.2. The molecule has 2 aliphatic heterocycles. The summed E-state index contributed by atoms with van der Waals surface area (Å²) < 4.78 is 0. The van der Waals surface area contributed by atoms with Gasteiger partial charge in [-0.1, -0.05) is 20.3 Å². The van der Waals surface area contributed by atoms with Crippen LogP contribution in [0.3, 0.4) is 0 Å². The van der Waals surface area contributed by atoms with Crippen LogP contribution in [0.4, 0.5) is 0 Å². The summed E-state index contributed by atoms with van der Waals surface area (Å²) in [5.41, 5.74) is 0. The molecule has 110 valence electrons. The average Bonchev–Trinajstić information content (AvgIpc) is 2.93. The molecule has 2 aliphatic rings. The van der Waals surface area contributed by atoms with Crippen LogP contribution in [0.5, 0.6) is 0 Å². The van der Waals surface area contributed by atoms with Crippen LogP contribution in [0.1, 0.15) is 46.0 Å². The number of piperidine rings is 1. The predicted molar refractivity (Wildman–Crippen MR) is 78.1 cm³/mol. The lowest BCUT2D eigenvalue weighted by Gasteiger charge is -2.32. The highest BCUT2D eigenvalue weighted by molar-refractivity contribution is 5.81. The average molecular weight is 267 g/mol. The van der Waals surface area contributed by atoms with Crippen molar-refractivity contribution < 1.29 is 4.79 Å². The summed E-state index contributed by atoms with van der Waals surface area (Å²) in [4.78, 5) is 14.7. The number of nitrogens with one attached hydrogen (secondary N) is 2. The Balaban J connectivity index is 1.79. The molecule has 0 radical (unpaired) electrons. The van der Waals surface area contributed by atoms with Crippen molar-refractivity contribution >= 4 is 5.91 Å². The number of rotatable bonds is 5. The molecule has 0 aromatic carbocycles. The summed E-state index contributed by atoms with van der Waals surface area (Å²) in [6.45, 7) is 8.69. The van der Waals surface area contributed by atoms with E-state index < -0.39 is 0 Å². The Morgan fingerprint density at radius 1 is 1.26 bits per heavy atom. The second-order valence-corrected chi connectivity index (χ2v) is 6.30. The number of amides is 1. The fourth-order valence-electron chi connectivity index (χ4n) is 3.26. The van der Waals surface area contributed by atoms with Crippen molar-refractivity contribution in [3.05, 3.63) is 0 Å². The molecule has 0 aliphatic carbocycles. The van der Waals surface area contributed by atoms with E-state index in [2.05, 4.69) is 29.4 Å². The fraction of sp³-hybridized carbons (Fsp3) is 0.933. The van der Waals surface area contributed by atoms with Crippen LogP contribution in [0.25, 0.3) is 0 Å². The van der Waals surface area contributed by atoms with E-state index in [1.165, 1.54) is 38.8 Å². The van der Waals surface area contributed by atoms with Gasteiger partial charge in [-0.3, -0.25) is 9.69 Å². The first-order valence-corrected chi connectivity index (χ1v) is 7.93. The third kappa shape index (κ3) is 4.18. The molecule has 2 atom stereocenters. The molecule has 2 saturated heterocycles. The van der Waals surface area contributed by atoms with Crippen molar-refractivity contribution in [2.75, 3.05) is 26.2 Å². The fourth-order valence-corrected chi connectivity index (χ4v) is 3.26. The lowest BCUT2D eigenvalue weighted by molar-refractivity contribution is -0.124. The minimum Gasteiger partial charge on any atom is -0.353 e. The van der Waals surface area contributed by atoms with Crippen LogP contribution in [-0.4, -0.2) is 49.1 Å². The highest BCUT2D eigenvalue weighted by Crippen LogP contribution is 2.17. The van der Waals surface area contributed by atoms with Crippen LogP contribution in [0.15, 0.2) is 0 Å². The molecule has 0 aromatic rings. The monoisotopic (exact) mass is 267 g/mol. The zero-order valence-corrected chi connectivity index (χ0v) is 12.5. The second kappa shape index (κ2) is 7.25. The molecule has 2 N–H and O–H groups in total. The lowest BCUT2D eigenvalue weighted by atomic mass is 10.0. The Hall–Kier alpha value is -0.610. The first kappa shape index (κ1) is 14.8. The van der Waals surface area contributed by atoms with Crippen LogP contribution in [0, 0.1) is 5.92 Å². The zero-order chi connectivity index (χ0) is 13.7. The molecule has 0 spiro atoms. The number of hydrogen-bond acceptors (Lipinski definition) is 3. The summed E-state index contributed by atoms with van der Waals surface area (Å²) in [5.74, 6) is 0.794. The number of carbonyl (C=O) groups is 1. The number of nitrogens with zero attached hydrogens (tertiary/aromatic N) is 1. The first-order chi connectivity index (χ1) is 9.18. The lowest BCUT2D eigenvalue weighted by Crippen LogP contribution is -2.51. The van der Waals surface area contributed by atoms with E-state index in [1.807, 2.05) is 0 Å². The topological polar surface area (TPSA) is 44.4 Å². The van der Waals surface area contributed by atoms with E-state index in [-0.39, 0.29) is 11.9 Å².